The molecule has 1 rings (SSSR count). The van der Waals surface area contributed by atoms with Crippen molar-refractivity contribution in [1.82, 2.24) is 5.32 Å². The number of carbonyl (C=O) groups excluding carboxylic acids is 1. The number of hydrogen-bond donors (Lipinski definition) is 6. The summed E-state index contributed by atoms with van der Waals surface area (Å²) in [5.41, 5.74) is 0. The molecule has 426 valence electrons. The minimum atomic E-state index is -1.55. The number of carbonyl (C=O) groups is 1. The molecule has 7 unspecified atom stereocenters. The van der Waals surface area contributed by atoms with E-state index in [4.69, 9.17) is 9.47 Å². The second kappa shape index (κ2) is 53.1. The molecule has 6 N–H and O–H groups in total. The van der Waals surface area contributed by atoms with Crippen LogP contribution in [0.2, 0.25) is 0 Å². The van der Waals surface area contributed by atoms with Crippen molar-refractivity contribution >= 4 is 5.91 Å². The molecule has 1 saturated heterocycles. The lowest BCUT2D eigenvalue weighted by Gasteiger charge is -2.40. The van der Waals surface area contributed by atoms with Gasteiger partial charge < -0.3 is 40.3 Å². The van der Waals surface area contributed by atoms with E-state index in [9.17, 15) is 30.3 Å². The number of rotatable bonds is 55. The van der Waals surface area contributed by atoms with E-state index in [-0.39, 0.29) is 12.5 Å². The lowest BCUT2D eigenvalue weighted by Crippen LogP contribution is -2.60. The molecule has 0 aromatic heterocycles. The van der Waals surface area contributed by atoms with E-state index in [2.05, 4.69) is 43.5 Å². The molecule has 1 aliphatic rings. The fourth-order valence-corrected chi connectivity index (χ4v) is 10.3. The lowest BCUT2D eigenvalue weighted by atomic mass is 9.99. The van der Waals surface area contributed by atoms with Gasteiger partial charge >= 0.3 is 0 Å². The van der Waals surface area contributed by atoms with Gasteiger partial charge in [-0.25, -0.2) is 0 Å². The number of allylic oxidation sites excluding steroid dienone is 4. The van der Waals surface area contributed by atoms with E-state index in [1.54, 1.807) is 0 Å². The van der Waals surface area contributed by atoms with Gasteiger partial charge in [0.2, 0.25) is 5.91 Å². The van der Waals surface area contributed by atoms with Gasteiger partial charge in [-0.2, -0.15) is 0 Å². The van der Waals surface area contributed by atoms with Crippen molar-refractivity contribution in [2.75, 3.05) is 13.2 Å². The number of nitrogens with one attached hydrogen (secondary N) is 1. The molecule has 0 spiro atoms. The highest BCUT2D eigenvalue weighted by Gasteiger charge is 2.44. The van der Waals surface area contributed by atoms with E-state index in [0.29, 0.717) is 12.8 Å². The second-order valence-corrected chi connectivity index (χ2v) is 22.2. The van der Waals surface area contributed by atoms with Crippen molar-refractivity contribution in [3.05, 3.63) is 24.3 Å². The molecule has 1 amide bonds. The van der Waals surface area contributed by atoms with Crippen LogP contribution in [0.4, 0.5) is 0 Å². The van der Waals surface area contributed by atoms with Crippen LogP contribution in [0.5, 0.6) is 0 Å². The minimum absolute atomic E-state index is 0.135. The first kappa shape index (κ1) is 68.7. The number of aliphatic hydroxyl groups excluding tert-OH is 5. The van der Waals surface area contributed by atoms with Gasteiger partial charge in [-0.3, -0.25) is 4.79 Å². The summed E-state index contributed by atoms with van der Waals surface area (Å²) < 4.78 is 11.3. The van der Waals surface area contributed by atoms with Gasteiger partial charge in [0.05, 0.1) is 25.4 Å². The van der Waals surface area contributed by atoms with Crippen LogP contribution in [0.3, 0.4) is 0 Å². The number of unbranched alkanes of at least 4 members (excludes halogenated alkanes) is 41. The first-order valence-electron chi connectivity index (χ1n) is 31.5. The van der Waals surface area contributed by atoms with Gasteiger partial charge in [0, 0.05) is 6.42 Å². The van der Waals surface area contributed by atoms with Crippen LogP contribution in [-0.2, 0) is 14.3 Å². The highest BCUT2D eigenvalue weighted by molar-refractivity contribution is 5.76. The first-order valence-corrected chi connectivity index (χ1v) is 31.5. The molecular formula is C63H121NO8. The maximum atomic E-state index is 13.1. The Hall–Kier alpha value is -1.33. The number of amides is 1. The quantitative estimate of drug-likeness (QED) is 0.0261. The van der Waals surface area contributed by atoms with Crippen molar-refractivity contribution in [3.8, 4) is 0 Å². The molecule has 72 heavy (non-hydrogen) atoms. The number of ether oxygens (including phenoxy) is 2. The van der Waals surface area contributed by atoms with Crippen molar-refractivity contribution in [3.63, 3.8) is 0 Å². The van der Waals surface area contributed by atoms with Crippen LogP contribution in [0.1, 0.15) is 316 Å². The van der Waals surface area contributed by atoms with E-state index in [1.807, 2.05) is 0 Å². The highest BCUT2D eigenvalue weighted by Crippen LogP contribution is 2.23. The molecule has 0 aromatic rings. The largest absolute Gasteiger partial charge is 0.394 e. The van der Waals surface area contributed by atoms with E-state index in [1.165, 1.54) is 244 Å². The maximum Gasteiger partial charge on any atom is 0.220 e. The zero-order valence-electron chi connectivity index (χ0n) is 47.5. The van der Waals surface area contributed by atoms with Crippen LogP contribution in [0.15, 0.2) is 24.3 Å². The van der Waals surface area contributed by atoms with Crippen LogP contribution in [0, 0.1) is 0 Å². The Morgan fingerprint density at radius 1 is 0.472 bits per heavy atom. The van der Waals surface area contributed by atoms with Crippen LogP contribution in [-0.4, -0.2) is 87.5 Å². The van der Waals surface area contributed by atoms with Crippen molar-refractivity contribution in [1.29, 1.82) is 0 Å². The molecule has 0 bridgehead atoms. The third-order valence-corrected chi connectivity index (χ3v) is 15.3. The standard InChI is InChI=1S/C63H121NO8/c1-3-5-7-9-11-13-15-17-19-21-23-25-26-27-28-29-30-31-32-33-35-37-39-41-43-45-47-49-51-53-59(67)64-56(55-71-63-62(70)61(69)60(68)58(54-65)72-63)57(66)52-50-48-46-44-42-40-38-36-34-24-22-20-18-16-14-12-10-8-6-4-2/h23,25,27-28,56-58,60-63,65-66,68-70H,3-22,24,26,29-55H2,1-2H3,(H,64,67)/b25-23-,28-27-. The second-order valence-electron chi connectivity index (χ2n) is 22.2. The number of hydrogen-bond acceptors (Lipinski definition) is 8. The summed E-state index contributed by atoms with van der Waals surface area (Å²) in [5, 5.41) is 54.8. The predicted molar refractivity (Wildman–Crippen MR) is 304 cm³/mol. The molecule has 9 nitrogen and oxygen atoms in total. The summed E-state index contributed by atoms with van der Waals surface area (Å²) >= 11 is 0. The van der Waals surface area contributed by atoms with Crippen molar-refractivity contribution in [2.45, 2.75) is 358 Å². The predicted octanol–water partition coefficient (Wildman–Crippen LogP) is 16.1. The van der Waals surface area contributed by atoms with Gasteiger partial charge in [0.1, 0.15) is 24.4 Å². The molecule has 1 aliphatic heterocycles. The summed E-state index contributed by atoms with van der Waals surface area (Å²) in [4.78, 5) is 13.1. The molecule has 0 aliphatic carbocycles. The summed E-state index contributed by atoms with van der Waals surface area (Å²) in [5.74, 6) is -0.140. The first-order chi connectivity index (χ1) is 35.3. The Kier molecular flexibility index (Phi) is 50.6. The fraction of sp³-hybridized carbons (Fsp3) is 0.921. The Morgan fingerprint density at radius 2 is 0.819 bits per heavy atom. The minimum Gasteiger partial charge on any atom is -0.394 e. The molecule has 0 saturated carbocycles. The topological polar surface area (TPSA) is 149 Å². The lowest BCUT2D eigenvalue weighted by molar-refractivity contribution is -0.302. The van der Waals surface area contributed by atoms with Gasteiger partial charge in [0.15, 0.2) is 6.29 Å². The Labute approximate surface area is 445 Å². The molecule has 1 heterocycles. The van der Waals surface area contributed by atoms with Gasteiger partial charge in [-0.05, 0) is 44.9 Å². The SMILES string of the molecule is CCCCCCCCCCC/C=C\C/C=C\CCCCCCCCCCCCCCCC(=O)NC(COC1OC(CO)C(O)C(O)C1O)C(O)CCCCCCCCCCCCCCCCCCCCCC. The monoisotopic (exact) mass is 1020 g/mol. The van der Waals surface area contributed by atoms with Crippen molar-refractivity contribution in [2.24, 2.45) is 0 Å². The molecule has 1 fully saturated rings. The van der Waals surface area contributed by atoms with Crippen LogP contribution >= 0.6 is 0 Å². The summed E-state index contributed by atoms with van der Waals surface area (Å²) in [6.07, 6.45) is 60.7. The summed E-state index contributed by atoms with van der Waals surface area (Å²) in [6, 6.07) is -0.719. The molecule has 0 radical (unpaired) electrons. The molecular weight excluding hydrogens is 899 g/mol. The normalized spacial score (nSPS) is 19.2. The average molecular weight is 1020 g/mol. The Balaban J connectivity index is 2.15. The van der Waals surface area contributed by atoms with Crippen LogP contribution in [0.25, 0.3) is 0 Å². The summed E-state index contributed by atoms with van der Waals surface area (Å²) in [7, 11) is 0. The molecule has 7 atom stereocenters. The fourth-order valence-electron chi connectivity index (χ4n) is 10.3. The van der Waals surface area contributed by atoms with Crippen molar-refractivity contribution < 1.29 is 39.8 Å². The number of aliphatic hydroxyl groups is 5. The van der Waals surface area contributed by atoms with Crippen LogP contribution < -0.4 is 5.32 Å². The smallest absolute Gasteiger partial charge is 0.220 e. The Morgan fingerprint density at radius 3 is 1.19 bits per heavy atom. The van der Waals surface area contributed by atoms with E-state index >= 15 is 0 Å². The average Bonchev–Trinajstić information content (AvgIpc) is 3.38. The van der Waals surface area contributed by atoms with E-state index in [0.717, 1.165) is 44.9 Å². The maximum absolute atomic E-state index is 13.1. The Bertz CT molecular complexity index is 1180. The highest BCUT2D eigenvalue weighted by atomic mass is 16.7. The van der Waals surface area contributed by atoms with Gasteiger partial charge in [-0.15, -0.1) is 0 Å². The third-order valence-electron chi connectivity index (χ3n) is 15.3. The zero-order chi connectivity index (χ0) is 52.2. The van der Waals surface area contributed by atoms with Gasteiger partial charge in [-0.1, -0.05) is 289 Å². The van der Waals surface area contributed by atoms with E-state index < -0.39 is 49.5 Å². The van der Waals surface area contributed by atoms with Gasteiger partial charge in [0.25, 0.3) is 0 Å². The third kappa shape index (κ3) is 41.9. The molecule has 9 heteroatoms. The zero-order valence-corrected chi connectivity index (χ0v) is 47.5. The summed E-state index contributed by atoms with van der Waals surface area (Å²) in [6.45, 7) is 3.88. The molecule has 0 aromatic carbocycles.